The average Bonchev–Trinajstić information content (AvgIpc) is 2.75. The van der Waals surface area contributed by atoms with E-state index >= 15 is 0 Å². The van der Waals surface area contributed by atoms with E-state index in [1.165, 1.54) is 18.5 Å². The van der Waals surface area contributed by atoms with Gasteiger partial charge >= 0.3 is 0 Å². The molecule has 0 radical (unpaired) electrons. The van der Waals surface area contributed by atoms with Crippen LogP contribution in [0.5, 0.6) is 0 Å². The second-order valence-electron chi connectivity index (χ2n) is 5.22. The molecule has 0 amide bonds. The lowest BCUT2D eigenvalue weighted by Crippen LogP contribution is -2.22. The first-order chi connectivity index (χ1) is 7.12. The molecule has 0 N–H and O–H groups in total. The Balaban J connectivity index is 1.97. The molecule has 0 spiro atoms. The van der Waals surface area contributed by atoms with Gasteiger partial charge in [0.25, 0.3) is 0 Å². The van der Waals surface area contributed by atoms with E-state index in [4.69, 9.17) is 0 Å². The summed E-state index contributed by atoms with van der Waals surface area (Å²) in [5.41, 5.74) is 2.25. The van der Waals surface area contributed by atoms with Crippen molar-refractivity contribution in [3.8, 4) is 0 Å². The average molecular weight is 205 g/mol. The van der Waals surface area contributed by atoms with E-state index in [2.05, 4.69) is 18.0 Å². The molecule has 1 nitrogen and oxygen atoms in total. The van der Waals surface area contributed by atoms with Crippen molar-refractivity contribution in [1.82, 2.24) is 4.90 Å². The molecular formula is C13H16FN. The number of benzene rings is 1. The molecule has 1 aliphatic carbocycles. The molecular weight excluding hydrogens is 189 g/mol. The molecule has 1 saturated heterocycles. The number of piperidine rings is 1. The maximum Gasteiger partial charge on any atom is 0.126 e. The number of halogens is 1. The summed E-state index contributed by atoms with van der Waals surface area (Å²) < 4.78 is 13.5. The Hall–Kier alpha value is -0.890. The first-order valence-electron chi connectivity index (χ1n) is 5.57. The van der Waals surface area contributed by atoms with Gasteiger partial charge in [-0.3, -0.25) is 0 Å². The molecule has 3 rings (SSSR count). The Morgan fingerprint density at radius 2 is 2.27 bits per heavy atom. The van der Waals surface area contributed by atoms with Gasteiger partial charge in [-0.05, 0) is 43.5 Å². The summed E-state index contributed by atoms with van der Waals surface area (Å²) >= 11 is 0. The molecule has 2 aliphatic rings. The summed E-state index contributed by atoms with van der Waals surface area (Å²) in [5, 5.41) is 0. The van der Waals surface area contributed by atoms with E-state index in [0.29, 0.717) is 5.41 Å². The van der Waals surface area contributed by atoms with E-state index < -0.39 is 0 Å². The third kappa shape index (κ3) is 1.24. The topological polar surface area (TPSA) is 3.24 Å². The number of hydrogen-bond donors (Lipinski definition) is 0. The van der Waals surface area contributed by atoms with Gasteiger partial charge in [-0.15, -0.1) is 0 Å². The van der Waals surface area contributed by atoms with Crippen LogP contribution in [-0.2, 0) is 5.41 Å². The van der Waals surface area contributed by atoms with Crippen molar-refractivity contribution in [2.24, 2.45) is 5.92 Å². The number of hydrogen-bond acceptors (Lipinski definition) is 1. The molecule has 15 heavy (non-hydrogen) atoms. The van der Waals surface area contributed by atoms with E-state index in [9.17, 15) is 4.39 Å². The lowest BCUT2D eigenvalue weighted by molar-refractivity contribution is 0.363. The zero-order valence-electron chi connectivity index (χ0n) is 9.26. The lowest BCUT2D eigenvalue weighted by atomic mass is 9.94. The Labute approximate surface area is 89.9 Å². The highest BCUT2D eigenvalue weighted by molar-refractivity contribution is 5.38. The lowest BCUT2D eigenvalue weighted by Gasteiger charge is -2.16. The fraction of sp³-hybridized carbons (Fsp3) is 0.538. The van der Waals surface area contributed by atoms with Crippen LogP contribution < -0.4 is 0 Å². The van der Waals surface area contributed by atoms with Crippen molar-refractivity contribution >= 4 is 0 Å². The van der Waals surface area contributed by atoms with Gasteiger partial charge < -0.3 is 4.90 Å². The summed E-state index contributed by atoms with van der Waals surface area (Å²) in [4.78, 5) is 2.35. The molecule has 1 saturated carbocycles. The van der Waals surface area contributed by atoms with Gasteiger partial charge in [0, 0.05) is 18.5 Å². The maximum atomic E-state index is 13.5. The standard InChI is InChI=1S/C13H16FN/c1-9-3-4-10(5-12(9)14)13-6-11(13)7-15(2)8-13/h3-5,11H,6-8H2,1-2H3/t11?,13-/m0/s1. The second kappa shape index (κ2) is 2.82. The first kappa shape index (κ1) is 9.34. The number of rotatable bonds is 1. The van der Waals surface area contributed by atoms with Gasteiger partial charge in [-0.2, -0.15) is 0 Å². The number of aryl methyl sites for hydroxylation is 1. The Morgan fingerprint density at radius 3 is 2.87 bits per heavy atom. The maximum absolute atomic E-state index is 13.5. The van der Waals surface area contributed by atoms with E-state index in [1.807, 2.05) is 13.0 Å². The fourth-order valence-electron chi connectivity index (χ4n) is 3.08. The summed E-state index contributed by atoms with van der Waals surface area (Å²) in [5.74, 6) is 0.715. The largest absolute Gasteiger partial charge is 0.305 e. The number of nitrogens with zero attached hydrogens (tertiary/aromatic N) is 1. The van der Waals surface area contributed by atoms with Crippen LogP contribution in [0.15, 0.2) is 18.2 Å². The highest BCUT2D eigenvalue weighted by atomic mass is 19.1. The third-order valence-corrected chi connectivity index (χ3v) is 4.06. The number of likely N-dealkylation sites (tertiary alicyclic amines) is 1. The minimum absolute atomic E-state index is 0.0536. The molecule has 1 aromatic rings. The van der Waals surface area contributed by atoms with Crippen molar-refractivity contribution in [2.45, 2.75) is 18.8 Å². The van der Waals surface area contributed by atoms with Crippen LogP contribution in [0.3, 0.4) is 0 Å². The molecule has 2 atom stereocenters. The minimum atomic E-state index is -0.0536. The zero-order chi connectivity index (χ0) is 10.6. The molecule has 1 unspecified atom stereocenters. The van der Waals surface area contributed by atoms with Gasteiger partial charge in [0.05, 0.1) is 0 Å². The zero-order valence-corrected chi connectivity index (χ0v) is 9.26. The summed E-state index contributed by atoms with van der Waals surface area (Å²) in [7, 11) is 2.15. The Morgan fingerprint density at radius 1 is 1.47 bits per heavy atom. The Bertz CT molecular complexity index is 415. The monoisotopic (exact) mass is 205 g/mol. The molecule has 0 bridgehead atoms. The smallest absolute Gasteiger partial charge is 0.126 e. The predicted octanol–water partition coefficient (Wildman–Crippen LogP) is 2.34. The van der Waals surface area contributed by atoms with Crippen LogP contribution in [0.1, 0.15) is 17.5 Å². The molecule has 0 aromatic heterocycles. The predicted molar refractivity (Wildman–Crippen MR) is 58.4 cm³/mol. The van der Waals surface area contributed by atoms with Crippen LogP contribution >= 0.6 is 0 Å². The van der Waals surface area contributed by atoms with Crippen LogP contribution in [0, 0.1) is 18.7 Å². The molecule has 80 valence electrons. The number of fused-ring (bicyclic) bond motifs is 1. The van der Waals surface area contributed by atoms with Crippen molar-refractivity contribution < 1.29 is 4.39 Å². The normalized spacial score (nSPS) is 34.2. The van der Waals surface area contributed by atoms with Gasteiger partial charge in [0.2, 0.25) is 0 Å². The van der Waals surface area contributed by atoms with E-state index in [1.54, 1.807) is 6.07 Å². The minimum Gasteiger partial charge on any atom is -0.305 e. The summed E-state index contributed by atoms with van der Waals surface area (Å²) in [6.45, 7) is 4.09. The highest BCUT2D eigenvalue weighted by Gasteiger charge is 2.59. The fourth-order valence-corrected chi connectivity index (χ4v) is 3.08. The first-order valence-corrected chi connectivity index (χ1v) is 5.57. The van der Waals surface area contributed by atoms with Gasteiger partial charge in [0.15, 0.2) is 0 Å². The van der Waals surface area contributed by atoms with Crippen molar-refractivity contribution in [3.63, 3.8) is 0 Å². The number of likely N-dealkylation sites (N-methyl/N-ethyl adjacent to an activating group) is 1. The van der Waals surface area contributed by atoms with Gasteiger partial charge in [0.1, 0.15) is 5.82 Å². The van der Waals surface area contributed by atoms with Crippen LogP contribution in [0.25, 0.3) is 0 Å². The summed E-state index contributed by atoms with van der Waals surface area (Å²) in [6, 6.07) is 5.76. The van der Waals surface area contributed by atoms with E-state index in [0.717, 1.165) is 18.0 Å². The molecule has 1 aliphatic heterocycles. The molecule has 2 fully saturated rings. The quantitative estimate of drug-likeness (QED) is 0.680. The summed E-state index contributed by atoms with van der Waals surface area (Å²) in [6.07, 6.45) is 1.25. The van der Waals surface area contributed by atoms with E-state index in [-0.39, 0.29) is 5.82 Å². The SMILES string of the molecule is Cc1ccc([C@@]23CC2CN(C)C3)cc1F. The van der Waals surface area contributed by atoms with Gasteiger partial charge in [-0.25, -0.2) is 4.39 Å². The molecule has 2 heteroatoms. The second-order valence-corrected chi connectivity index (χ2v) is 5.22. The van der Waals surface area contributed by atoms with Crippen molar-refractivity contribution in [3.05, 3.63) is 35.1 Å². The van der Waals surface area contributed by atoms with Gasteiger partial charge in [-0.1, -0.05) is 12.1 Å². The Kier molecular flexibility index (Phi) is 1.76. The molecule has 1 aromatic carbocycles. The van der Waals surface area contributed by atoms with Crippen LogP contribution in [-0.4, -0.2) is 25.0 Å². The third-order valence-electron chi connectivity index (χ3n) is 4.06. The molecule has 1 heterocycles. The van der Waals surface area contributed by atoms with Crippen LogP contribution in [0.2, 0.25) is 0 Å². The van der Waals surface area contributed by atoms with Crippen molar-refractivity contribution in [2.75, 3.05) is 20.1 Å². The van der Waals surface area contributed by atoms with Crippen molar-refractivity contribution in [1.29, 1.82) is 0 Å². The van der Waals surface area contributed by atoms with Crippen LogP contribution in [0.4, 0.5) is 4.39 Å². The highest BCUT2D eigenvalue weighted by Crippen LogP contribution is 2.58.